The monoisotopic (exact) mass is 461 g/mol. The van der Waals surface area contributed by atoms with Crippen LogP contribution < -0.4 is 5.56 Å². The Balaban J connectivity index is 1.50. The Morgan fingerprint density at radius 2 is 1.58 bits per heavy atom. The molecule has 0 atom stereocenters. The fourth-order valence-electron chi connectivity index (χ4n) is 4.04. The first kappa shape index (κ1) is 22.1. The SMILES string of the molecule is Cc1cc(=O)n2nc(CN3CCN(S(=O)(=O)c4c(C)c(C)cc(C)c4C)CC3)sc2n1. The molecular formula is C21H27N5O3S2. The van der Waals surface area contributed by atoms with Crippen LogP contribution >= 0.6 is 11.3 Å². The van der Waals surface area contributed by atoms with Crippen molar-refractivity contribution in [1.82, 2.24) is 23.8 Å². The molecule has 1 aliphatic rings. The lowest BCUT2D eigenvalue weighted by Crippen LogP contribution is -2.48. The summed E-state index contributed by atoms with van der Waals surface area (Å²) in [7, 11) is -3.56. The Bertz CT molecular complexity index is 1290. The molecule has 0 bridgehead atoms. The molecule has 0 spiro atoms. The van der Waals surface area contributed by atoms with Crippen LogP contribution in [-0.2, 0) is 16.6 Å². The van der Waals surface area contributed by atoms with Crippen molar-refractivity contribution in [2.24, 2.45) is 0 Å². The van der Waals surface area contributed by atoms with Gasteiger partial charge in [0.15, 0.2) is 0 Å². The average molecular weight is 462 g/mol. The van der Waals surface area contributed by atoms with Gasteiger partial charge in [-0.15, -0.1) is 0 Å². The Morgan fingerprint density at radius 1 is 0.968 bits per heavy atom. The van der Waals surface area contributed by atoms with Crippen LogP contribution in [-0.4, -0.2) is 58.4 Å². The lowest BCUT2D eigenvalue weighted by molar-refractivity contribution is 0.181. The number of rotatable bonds is 4. The first-order valence-corrected chi connectivity index (χ1v) is 12.5. The molecule has 1 fully saturated rings. The predicted octanol–water partition coefficient (Wildman–Crippen LogP) is 2.20. The van der Waals surface area contributed by atoms with Gasteiger partial charge in [-0.1, -0.05) is 17.4 Å². The molecule has 3 heterocycles. The zero-order valence-electron chi connectivity index (χ0n) is 18.5. The third-order valence-corrected chi connectivity index (χ3v) is 9.07. The molecule has 0 aliphatic carbocycles. The average Bonchev–Trinajstić information content (AvgIpc) is 3.09. The van der Waals surface area contributed by atoms with Crippen molar-refractivity contribution in [2.45, 2.75) is 46.1 Å². The highest BCUT2D eigenvalue weighted by Gasteiger charge is 2.32. The van der Waals surface area contributed by atoms with Gasteiger partial charge in [-0.3, -0.25) is 9.69 Å². The maximum Gasteiger partial charge on any atom is 0.275 e. The van der Waals surface area contributed by atoms with Gasteiger partial charge in [0.1, 0.15) is 5.01 Å². The van der Waals surface area contributed by atoms with Crippen molar-refractivity contribution in [2.75, 3.05) is 26.2 Å². The summed E-state index contributed by atoms with van der Waals surface area (Å²) in [6, 6.07) is 3.51. The summed E-state index contributed by atoms with van der Waals surface area (Å²) < 4.78 is 29.8. The van der Waals surface area contributed by atoms with Crippen LogP contribution in [0.3, 0.4) is 0 Å². The zero-order valence-corrected chi connectivity index (χ0v) is 20.1. The number of piperazine rings is 1. The normalized spacial score (nSPS) is 16.3. The van der Waals surface area contributed by atoms with Gasteiger partial charge in [0.05, 0.1) is 11.4 Å². The Kier molecular flexibility index (Phi) is 5.76. The minimum absolute atomic E-state index is 0.180. The molecule has 1 saturated heterocycles. The van der Waals surface area contributed by atoms with Gasteiger partial charge < -0.3 is 0 Å². The molecule has 0 N–H and O–H groups in total. The highest BCUT2D eigenvalue weighted by molar-refractivity contribution is 7.89. The Morgan fingerprint density at radius 3 is 2.19 bits per heavy atom. The fraction of sp³-hybridized carbons (Fsp3) is 0.476. The number of sulfonamides is 1. The summed E-state index contributed by atoms with van der Waals surface area (Å²) in [6.07, 6.45) is 0. The molecule has 1 aliphatic heterocycles. The van der Waals surface area contributed by atoms with E-state index < -0.39 is 10.0 Å². The first-order valence-electron chi connectivity index (χ1n) is 10.2. The van der Waals surface area contributed by atoms with E-state index in [1.165, 1.54) is 21.9 Å². The Labute approximate surface area is 186 Å². The van der Waals surface area contributed by atoms with Gasteiger partial charge in [0, 0.05) is 37.9 Å². The summed E-state index contributed by atoms with van der Waals surface area (Å²) >= 11 is 1.40. The topological polar surface area (TPSA) is 87.9 Å². The summed E-state index contributed by atoms with van der Waals surface area (Å²) in [5.74, 6) is 0. The second-order valence-electron chi connectivity index (χ2n) is 8.20. The zero-order chi connectivity index (χ0) is 22.5. The molecule has 4 rings (SSSR count). The predicted molar refractivity (Wildman–Crippen MR) is 121 cm³/mol. The second kappa shape index (κ2) is 8.09. The van der Waals surface area contributed by atoms with Gasteiger partial charge in [-0.2, -0.15) is 13.9 Å². The van der Waals surface area contributed by atoms with Gasteiger partial charge in [-0.25, -0.2) is 13.4 Å². The largest absolute Gasteiger partial charge is 0.294 e. The summed E-state index contributed by atoms with van der Waals surface area (Å²) in [5.41, 5.74) is 4.14. The summed E-state index contributed by atoms with van der Waals surface area (Å²) in [6.45, 7) is 12.1. The maximum atomic E-state index is 13.4. The van der Waals surface area contributed by atoms with Crippen LogP contribution in [0, 0.1) is 34.6 Å². The highest BCUT2D eigenvalue weighted by Crippen LogP contribution is 2.29. The fourth-order valence-corrected chi connectivity index (χ4v) is 7.03. The van der Waals surface area contributed by atoms with E-state index in [9.17, 15) is 13.2 Å². The molecule has 166 valence electrons. The van der Waals surface area contributed by atoms with Crippen molar-refractivity contribution in [3.63, 3.8) is 0 Å². The van der Waals surface area contributed by atoms with E-state index in [0.29, 0.717) is 48.3 Å². The van der Waals surface area contributed by atoms with E-state index in [1.807, 2.05) is 33.8 Å². The molecule has 0 amide bonds. The molecule has 3 aromatic rings. The van der Waals surface area contributed by atoms with Crippen molar-refractivity contribution in [3.8, 4) is 0 Å². The molecule has 0 unspecified atom stereocenters. The standard InChI is InChI=1S/C21H27N5O3S2/c1-13-10-14(2)17(5)20(16(13)4)31(28,29)25-8-6-24(7-9-25)12-18-23-26-19(27)11-15(3)22-21(26)30-18/h10-11H,6-9,12H2,1-5H3. The smallest absolute Gasteiger partial charge is 0.275 e. The van der Waals surface area contributed by atoms with Crippen molar-refractivity contribution >= 4 is 26.3 Å². The van der Waals surface area contributed by atoms with Crippen molar-refractivity contribution in [1.29, 1.82) is 0 Å². The van der Waals surface area contributed by atoms with Crippen molar-refractivity contribution < 1.29 is 8.42 Å². The summed E-state index contributed by atoms with van der Waals surface area (Å²) in [5, 5.41) is 5.19. The van der Waals surface area contributed by atoms with Gasteiger partial charge in [-0.05, 0) is 56.9 Å². The lowest BCUT2D eigenvalue weighted by atomic mass is 10.0. The first-order chi connectivity index (χ1) is 14.6. The van der Waals surface area contributed by atoms with Crippen LogP contribution in [0.4, 0.5) is 0 Å². The number of aryl methyl sites for hydroxylation is 3. The van der Waals surface area contributed by atoms with Crippen molar-refractivity contribution in [3.05, 3.63) is 55.4 Å². The summed E-state index contributed by atoms with van der Waals surface area (Å²) in [4.78, 5) is 19.7. The van der Waals surface area contributed by atoms with E-state index in [0.717, 1.165) is 27.3 Å². The number of benzene rings is 1. The van der Waals surface area contributed by atoms with E-state index in [1.54, 1.807) is 11.2 Å². The van der Waals surface area contributed by atoms with Gasteiger partial charge in [0.2, 0.25) is 15.0 Å². The van der Waals surface area contributed by atoms with Gasteiger partial charge in [0.25, 0.3) is 5.56 Å². The third-order valence-electron chi connectivity index (χ3n) is 6.00. The molecule has 10 heteroatoms. The maximum absolute atomic E-state index is 13.4. The quantitative estimate of drug-likeness (QED) is 0.592. The minimum atomic E-state index is -3.56. The van der Waals surface area contributed by atoms with Crippen LogP contribution in [0.2, 0.25) is 0 Å². The minimum Gasteiger partial charge on any atom is -0.294 e. The number of fused-ring (bicyclic) bond motifs is 1. The number of hydrogen-bond donors (Lipinski definition) is 0. The van der Waals surface area contributed by atoms with Crippen LogP contribution in [0.5, 0.6) is 0 Å². The van der Waals surface area contributed by atoms with Crippen LogP contribution in [0.1, 0.15) is 33.0 Å². The van der Waals surface area contributed by atoms with E-state index in [-0.39, 0.29) is 5.56 Å². The highest BCUT2D eigenvalue weighted by atomic mass is 32.2. The molecule has 8 nitrogen and oxygen atoms in total. The van der Waals surface area contributed by atoms with E-state index in [4.69, 9.17) is 0 Å². The van der Waals surface area contributed by atoms with E-state index in [2.05, 4.69) is 15.0 Å². The third kappa shape index (κ3) is 4.05. The molecule has 0 radical (unpaired) electrons. The lowest BCUT2D eigenvalue weighted by Gasteiger charge is -2.34. The number of hydrogen-bond acceptors (Lipinski definition) is 7. The molecule has 1 aromatic carbocycles. The molecule has 0 saturated carbocycles. The molecule has 2 aromatic heterocycles. The molecular weight excluding hydrogens is 434 g/mol. The Hall–Kier alpha value is -2.14. The van der Waals surface area contributed by atoms with Crippen LogP contribution in [0.25, 0.3) is 4.96 Å². The molecule has 31 heavy (non-hydrogen) atoms. The second-order valence-corrected chi connectivity index (χ2v) is 11.1. The number of nitrogens with zero attached hydrogens (tertiary/aromatic N) is 5. The van der Waals surface area contributed by atoms with E-state index >= 15 is 0 Å². The number of aromatic nitrogens is 3. The van der Waals surface area contributed by atoms with Gasteiger partial charge >= 0.3 is 0 Å². The van der Waals surface area contributed by atoms with Crippen LogP contribution in [0.15, 0.2) is 21.8 Å².